The number of hydrogen-bond donors (Lipinski definition) is 2. The van der Waals surface area contributed by atoms with Crippen LogP contribution in [-0.4, -0.2) is 20.2 Å². The Kier molecular flexibility index (Phi) is 3.80. The molecule has 1 unspecified atom stereocenters. The van der Waals surface area contributed by atoms with Crippen molar-refractivity contribution < 1.29 is 4.74 Å². The molecule has 0 amide bonds. The van der Waals surface area contributed by atoms with Crippen LogP contribution in [0.5, 0.6) is 5.75 Å². The van der Waals surface area contributed by atoms with E-state index in [9.17, 15) is 0 Å². The zero-order valence-electron chi connectivity index (χ0n) is 9.83. The summed E-state index contributed by atoms with van der Waals surface area (Å²) >= 11 is 0. The second kappa shape index (κ2) is 5.32. The first-order valence-corrected chi connectivity index (χ1v) is 5.98. The van der Waals surface area contributed by atoms with Gasteiger partial charge in [0.05, 0.1) is 6.61 Å². The Hall–Kier alpha value is -1.06. The first-order chi connectivity index (χ1) is 7.85. The molecule has 2 rings (SSSR count). The molecule has 1 aromatic carbocycles. The molecule has 0 bridgehead atoms. The summed E-state index contributed by atoms with van der Waals surface area (Å²) in [6.07, 6.45) is 3.22. The minimum absolute atomic E-state index is 0.359. The van der Waals surface area contributed by atoms with Crippen LogP contribution in [0.1, 0.15) is 30.0 Å². The van der Waals surface area contributed by atoms with Gasteiger partial charge >= 0.3 is 0 Å². The molecule has 16 heavy (non-hydrogen) atoms. The van der Waals surface area contributed by atoms with Gasteiger partial charge in [-0.05, 0) is 50.0 Å². The zero-order chi connectivity index (χ0) is 11.4. The minimum Gasteiger partial charge on any atom is -0.493 e. The molecule has 1 aliphatic rings. The molecule has 0 aromatic heterocycles. The van der Waals surface area contributed by atoms with Gasteiger partial charge in [0.15, 0.2) is 0 Å². The monoisotopic (exact) mass is 220 g/mol. The van der Waals surface area contributed by atoms with Crippen molar-refractivity contribution in [1.29, 1.82) is 0 Å². The van der Waals surface area contributed by atoms with Gasteiger partial charge in [0.1, 0.15) is 5.75 Å². The second-order valence-corrected chi connectivity index (χ2v) is 4.24. The molecule has 1 aromatic rings. The third-order valence-electron chi connectivity index (χ3n) is 3.14. The van der Waals surface area contributed by atoms with Crippen LogP contribution in [0.25, 0.3) is 0 Å². The molecule has 3 nitrogen and oxygen atoms in total. The van der Waals surface area contributed by atoms with Crippen LogP contribution in [0.2, 0.25) is 0 Å². The Morgan fingerprint density at radius 3 is 3.12 bits per heavy atom. The maximum atomic E-state index is 5.62. The van der Waals surface area contributed by atoms with Crippen molar-refractivity contribution in [2.75, 3.05) is 20.2 Å². The number of nitrogens with one attached hydrogen (secondary N) is 1. The van der Waals surface area contributed by atoms with E-state index in [-0.39, 0.29) is 0 Å². The summed E-state index contributed by atoms with van der Waals surface area (Å²) in [5, 5.41) is 3.31. The van der Waals surface area contributed by atoms with Crippen molar-refractivity contribution >= 4 is 0 Å². The molecule has 1 atom stereocenters. The van der Waals surface area contributed by atoms with Crippen LogP contribution in [0.3, 0.4) is 0 Å². The van der Waals surface area contributed by atoms with Gasteiger partial charge in [0.2, 0.25) is 0 Å². The molecular formula is C13H20N2O. The Labute approximate surface area is 97.0 Å². The topological polar surface area (TPSA) is 47.3 Å². The van der Waals surface area contributed by atoms with Crippen molar-refractivity contribution in [3.63, 3.8) is 0 Å². The Morgan fingerprint density at radius 2 is 2.38 bits per heavy atom. The van der Waals surface area contributed by atoms with Crippen LogP contribution < -0.4 is 15.8 Å². The molecule has 1 aliphatic heterocycles. The highest BCUT2D eigenvalue weighted by Crippen LogP contribution is 2.28. The van der Waals surface area contributed by atoms with Crippen molar-refractivity contribution in [3.05, 3.63) is 29.3 Å². The Bertz CT molecular complexity index is 352. The number of rotatable bonds is 4. The van der Waals surface area contributed by atoms with Crippen molar-refractivity contribution in [2.24, 2.45) is 5.73 Å². The van der Waals surface area contributed by atoms with Gasteiger partial charge in [-0.25, -0.2) is 0 Å². The maximum Gasteiger partial charge on any atom is 0.122 e. The molecule has 88 valence electrons. The van der Waals surface area contributed by atoms with E-state index >= 15 is 0 Å². The van der Waals surface area contributed by atoms with E-state index in [1.807, 2.05) is 7.05 Å². The van der Waals surface area contributed by atoms with Crippen molar-refractivity contribution in [2.45, 2.75) is 25.3 Å². The van der Waals surface area contributed by atoms with Crippen LogP contribution in [0.4, 0.5) is 0 Å². The van der Waals surface area contributed by atoms with Crippen molar-refractivity contribution in [1.82, 2.24) is 5.32 Å². The number of aryl methyl sites for hydroxylation is 1. The van der Waals surface area contributed by atoms with E-state index in [1.165, 1.54) is 11.1 Å². The third-order valence-corrected chi connectivity index (χ3v) is 3.14. The lowest BCUT2D eigenvalue weighted by atomic mass is 9.98. The minimum atomic E-state index is 0.359. The quantitative estimate of drug-likeness (QED) is 0.810. The van der Waals surface area contributed by atoms with Gasteiger partial charge in [0.25, 0.3) is 0 Å². The number of ether oxygens (including phenoxy) is 1. The lowest BCUT2D eigenvalue weighted by molar-refractivity contribution is 0.288. The summed E-state index contributed by atoms with van der Waals surface area (Å²) in [7, 11) is 1.98. The van der Waals surface area contributed by atoms with Gasteiger partial charge in [-0.2, -0.15) is 0 Å². The van der Waals surface area contributed by atoms with Crippen LogP contribution in [-0.2, 0) is 6.42 Å². The molecule has 0 saturated heterocycles. The number of benzene rings is 1. The average molecular weight is 220 g/mol. The first kappa shape index (κ1) is 11.4. The van der Waals surface area contributed by atoms with Gasteiger partial charge in [-0.15, -0.1) is 0 Å². The zero-order valence-corrected chi connectivity index (χ0v) is 9.83. The lowest BCUT2D eigenvalue weighted by Gasteiger charge is -2.21. The van der Waals surface area contributed by atoms with E-state index in [0.717, 1.165) is 31.6 Å². The van der Waals surface area contributed by atoms with Gasteiger partial charge in [0, 0.05) is 6.04 Å². The summed E-state index contributed by atoms with van der Waals surface area (Å²) in [5.41, 5.74) is 8.27. The van der Waals surface area contributed by atoms with Crippen LogP contribution >= 0.6 is 0 Å². The van der Waals surface area contributed by atoms with E-state index < -0.39 is 0 Å². The standard InChI is InChI=1S/C13H20N2O/c1-15-12(6-7-14)10-4-5-13-11(9-10)3-2-8-16-13/h4-5,9,12,15H,2-3,6-8,14H2,1H3. The third kappa shape index (κ3) is 2.36. The fourth-order valence-corrected chi connectivity index (χ4v) is 2.24. The predicted molar refractivity (Wildman–Crippen MR) is 65.7 cm³/mol. The first-order valence-electron chi connectivity index (χ1n) is 5.98. The highest BCUT2D eigenvalue weighted by molar-refractivity contribution is 5.39. The number of fused-ring (bicyclic) bond motifs is 1. The van der Waals surface area contributed by atoms with E-state index in [2.05, 4.69) is 23.5 Å². The molecule has 1 heterocycles. The maximum absolute atomic E-state index is 5.62. The fourth-order valence-electron chi connectivity index (χ4n) is 2.24. The molecule has 3 N–H and O–H groups in total. The highest BCUT2D eigenvalue weighted by Gasteiger charge is 2.14. The largest absolute Gasteiger partial charge is 0.493 e. The van der Waals surface area contributed by atoms with E-state index in [0.29, 0.717) is 12.6 Å². The molecule has 0 saturated carbocycles. The second-order valence-electron chi connectivity index (χ2n) is 4.24. The van der Waals surface area contributed by atoms with E-state index in [4.69, 9.17) is 10.5 Å². The molecule has 0 spiro atoms. The summed E-state index contributed by atoms with van der Waals surface area (Å²) < 4.78 is 5.61. The highest BCUT2D eigenvalue weighted by atomic mass is 16.5. The van der Waals surface area contributed by atoms with Gasteiger partial charge in [-0.1, -0.05) is 12.1 Å². The predicted octanol–water partition coefficient (Wildman–Crippen LogP) is 1.62. The van der Waals surface area contributed by atoms with Crippen LogP contribution in [0, 0.1) is 0 Å². The average Bonchev–Trinajstić information content (AvgIpc) is 2.35. The molecule has 0 aliphatic carbocycles. The summed E-state index contributed by atoms with van der Waals surface area (Å²) in [5.74, 6) is 1.05. The summed E-state index contributed by atoms with van der Waals surface area (Å²) in [6.45, 7) is 1.56. The SMILES string of the molecule is CNC(CCN)c1ccc2c(c1)CCCO2. The molecule has 3 heteroatoms. The van der Waals surface area contributed by atoms with Crippen molar-refractivity contribution in [3.8, 4) is 5.75 Å². The summed E-state index contributed by atoms with van der Waals surface area (Å²) in [6, 6.07) is 6.84. The summed E-state index contributed by atoms with van der Waals surface area (Å²) in [4.78, 5) is 0. The van der Waals surface area contributed by atoms with Gasteiger partial charge < -0.3 is 15.8 Å². The molecule has 0 fully saturated rings. The Morgan fingerprint density at radius 1 is 1.50 bits per heavy atom. The number of nitrogens with two attached hydrogens (primary N) is 1. The normalized spacial score (nSPS) is 16.4. The molecular weight excluding hydrogens is 200 g/mol. The van der Waals surface area contributed by atoms with E-state index in [1.54, 1.807) is 0 Å². The smallest absolute Gasteiger partial charge is 0.122 e. The lowest BCUT2D eigenvalue weighted by Crippen LogP contribution is -2.20. The molecule has 0 radical (unpaired) electrons. The number of hydrogen-bond acceptors (Lipinski definition) is 3. The Balaban J connectivity index is 2.21. The fraction of sp³-hybridized carbons (Fsp3) is 0.538. The van der Waals surface area contributed by atoms with Crippen LogP contribution in [0.15, 0.2) is 18.2 Å². The van der Waals surface area contributed by atoms with Gasteiger partial charge in [-0.3, -0.25) is 0 Å².